The summed E-state index contributed by atoms with van der Waals surface area (Å²) in [4.78, 5) is 13.2. The molecule has 1 aromatic rings. The first kappa shape index (κ1) is 22.4. The summed E-state index contributed by atoms with van der Waals surface area (Å²) in [7, 11) is 0. The standard InChI is InChI=1S/C25H35F3N2O2/c1-22-10-11-24(32,25(26,27)28)14-16(22)4-5-17-18-6-7-20(23(18,2)9-8-19(17)22)21(31)15-30-13-3-12-29-30/h3,12-13,16-20,32H,4-11,14-15H2,1-2H3/t16-,17?,18?,19?,20?,22+,23+,24-/m1/s1. The van der Waals surface area contributed by atoms with Gasteiger partial charge in [-0.05, 0) is 98.4 Å². The SMILES string of the molecule is C[C@]12CCC3C(CC[C@@H]4C[C@@](O)(C(F)(F)F)CC[C@]34C)C1CCC2C(=O)Cn1cccn1. The summed E-state index contributed by atoms with van der Waals surface area (Å²) < 4.78 is 42.3. The maximum absolute atomic E-state index is 13.5. The number of alkyl halides is 3. The van der Waals surface area contributed by atoms with Crippen LogP contribution < -0.4 is 0 Å². The maximum atomic E-state index is 13.5. The van der Waals surface area contributed by atoms with Crippen LogP contribution in [0.3, 0.4) is 0 Å². The summed E-state index contributed by atoms with van der Waals surface area (Å²) in [6.07, 6.45) is 4.69. The molecule has 7 heteroatoms. The van der Waals surface area contributed by atoms with Crippen molar-refractivity contribution in [2.24, 2.45) is 40.4 Å². The third-order valence-electron chi connectivity index (χ3n) is 10.5. The van der Waals surface area contributed by atoms with Gasteiger partial charge in [-0.1, -0.05) is 13.8 Å². The van der Waals surface area contributed by atoms with Crippen molar-refractivity contribution in [2.75, 3.05) is 0 Å². The summed E-state index contributed by atoms with van der Waals surface area (Å²) in [6.45, 7) is 4.82. The number of Topliss-reactive ketones (excluding diaryl/α,β-unsaturated/α-hetero) is 1. The van der Waals surface area contributed by atoms with E-state index in [-0.39, 0.29) is 41.3 Å². The van der Waals surface area contributed by atoms with E-state index in [0.717, 1.165) is 38.5 Å². The van der Waals surface area contributed by atoms with Gasteiger partial charge in [0.25, 0.3) is 0 Å². The molecule has 0 radical (unpaired) electrons. The summed E-state index contributed by atoms with van der Waals surface area (Å²) in [6, 6.07) is 1.83. The zero-order chi connectivity index (χ0) is 22.9. The fourth-order valence-electron chi connectivity index (χ4n) is 8.70. The van der Waals surface area contributed by atoms with Crippen molar-refractivity contribution in [1.82, 2.24) is 9.78 Å². The molecule has 0 saturated heterocycles. The minimum Gasteiger partial charge on any atom is -0.380 e. The van der Waals surface area contributed by atoms with Crippen molar-refractivity contribution < 1.29 is 23.1 Å². The minimum atomic E-state index is -4.55. The molecule has 1 aromatic heterocycles. The van der Waals surface area contributed by atoms with E-state index in [0.29, 0.717) is 30.7 Å². The van der Waals surface area contributed by atoms with E-state index < -0.39 is 11.8 Å². The molecule has 0 bridgehead atoms. The van der Waals surface area contributed by atoms with Crippen LogP contribution in [0.5, 0.6) is 0 Å². The van der Waals surface area contributed by atoms with E-state index in [2.05, 4.69) is 18.9 Å². The molecule has 0 aromatic carbocycles. The molecular formula is C25H35F3N2O2. The second-order valence-corrected chi connectivity index (χ2v) is 11.7. The van der Waals surface area contributed by atoms with Gasteiger partial charge < -0.3 is 5.11 Å². The van der Waals surface area contributed by atoms with Gasteiger partial charge in [-0.2, -0.15) is 18.3 Å². The molecule has 4 nitrogen and oxygen atoms in total. The number of hydrogen-bond donors (Lipinski definition) is 1. The number of carbonyl (C=O) groups excluding carboxylic acids is 1. The molecule has 0 spiro atoms. The number of fused-ring (bicyclic) bond motifs is 5. The Morgan fingerprint density at radius 3 is 2.50 bits per heavy atom. The van der Waals surface area contributed by atoms with Crippen LogP contribution in [-0.4, -0.2) is 32.4 Å². The highest BCUT2D eigenvalue weighted by molar-refractivity contribution is 5.82. The Hall–Kier alpha value is -1.37. The van der Waals surface area contributed by atoms with Crippen LogP contribution >= 0.6 is 0 Å². The van der Waals surface area contributed by atoms with Crippen molar-refractivity contribution >= 4 is 5.78 Å². The number of nitrogens with zero attached hydrogens (tertiary/aromatic N) is 2. The molecule has 32 heavy (non-hydrogen) atoms. The van der Waals surface area contributed by atoms with Crippen molar-refractivity contribution in [2.45, 2.75) is 90.0 Å². The molecule has 4 aliphatic carbocycles. The van der Waals surface area contributed by atoms with Gasteiger partial charge in [-0.3, -0.25) is 9.48 Å². The predicted octanol–water partition coefficient (Wildman–Crippen LogP) is 5.40. The lowest BCUT2D eigenvalue weighted by molar-refractivity contribution is -0.290. The summed E-state index contributed by atoms with van der Waals surface area (Å²) in [5.41, 5.74) is -2.68. The highest BCUT2D eigenvalue weighted by Gasteiger charge is 2.65. The first-order chi connectivity index (χ1) is 15.0. The molecule has 4 fully saturated rings. The Labute approximate surface area is 187 Å². The van der Waals surface area contributed by atoms with E-state index in [1.54, 1.807) is 10.9 Å². The average molecular weight is 453 g/mol. The number of aliphatic hydroxyl groups is 1. The van der Waals surface area contributed by atoms with Crippen molar-refractivity contribution in [1.29, 1.82) is 0 Å². The van der Waals surface area contributed by atoms with E-state index in [1.807, 2.05) is 12.3 Å². The molecule has 4 unspecified atom stereocenters. The summed E-state index contributed by atoms with van der Waals surface area (Å²) >= 11 is 0. The van der Waals surface area contributed by atoms with Crippen LogP contribution in [0.1, 0.15) is 71.6 Å². The van der Waals surface area contributed by atoms with Gasteiger partial charge in [-0.25, -0.2) is 0 Å². The molecule has 4 saturated carbocycles. The molecule has 0 amide bonds. The van der Waals surface area contributed by atoms with Gasteiger partial charge in [0, 0.05) is 18.3 Å². The Morgan fingerprint density at radius 2 is 1.81 bits per heavy atom. The smallest absolute Gasteiger partial charge is 0.380 e. The molecule has 178 valence electrons. The largest absolute Gasteiger partial charge is 0.417 e. The number of aromatic nitrogens is 2. The first-order valence-corrected chi connectivity index (χ1v) is 12.3. The van der Waals surface area contributed by atoms with E-state index in [4.69, 9.17) is 0 Å². The van der Waals surface area contributed by atoms with Gasteiger partial charge >= 0.3 is 6.18 Å². The lowest BCUT2D eigenvalue weighted by Gasteiger charge is -2.62. The predicted molar refractivity (Wildman–Crippen MR) is 113 cm³/mol. The zero-order valence-corrected chi connectivity index (χ0v) is 19.1. The Balaban J connectivity index is 1.34. The van der Waals surface area contributed by atoms with Crippen LogP contribution in [0.4, 0.5) is 13.2 Å². The molecule has 4 aliphatic rings. The average Bonchev–Trinajstić information content (AvgIpc) is 3.34. The number of hydrogen-bond acceptors (Lipinski definition) is 3. The van der Waals surface area contributed by atoms with E-state index in [9.17, 15) is 23.1 Å². The van der Waals surface area contributed by atoms with Crippen molar-refractivity contribution in [3.05, 3.63) is 18.5 Å². The van der Waals surface area contributed by atoms with E-state index >= 15 is 0 Å². The number of carbonyl (C=O) groups is 1. The summed E-state index contributed by atoms with van der Waals surface area (Å²) in [5, 5.41) is 14.6. The van der Waals surface area contributed by atoms with Crippen LogP contribution in [0.25, 0.3) is 0 Å². The Kier molecular flexibility index (Phi) is 5.12. The fraction of sp³-hybridized carbons (Fsp3) is 0.840. The monoisotopic (exact) mass is 452 g/mol. The van der Waals surface area contributed by atoms with Crippen LogP contribution in [0, 0.1) is 40.4 Å². The number of halogens is 3. The molecule has 8 atom stereocenters. The Bertz CT molecular complexity index is 871. The molecule has 5 rings (SSSR count). The quantitative estimate of drug-likeness (QED) is 0.668. The van der Waals surface area contributed by atoms with Gasteiger partial charge in [-0.15, -0.1) is 0 Å². The normalized spacial score (nSPS) is 46.2. The fourth-order valence-corrected chi connectivity index (χ4v) is 8.70. The topological polar surface area (TPSA) is 55.1 Å². The molecule has 1 heterocycles. The third-order valence-corrected chi connectivity index (χ3v) is 10.5. The van der Waals surface area contributed by atoms with Gasteiger partial charge in [0.2, 0.25) is 0 Å². The second kappa shape index (κ2) is 7.31. The highest BCUT2D eigenvalue weighted by atomic mass is 19.4. The molecule has 0 aliphatic heterocycles. The van der Waals surface area contributed by atoms with Crippen molar-refractivity contribution in [3.63, 3.8) is 0 Å². The van der Waals surface area contributed by atoms with Crippen LogP contribution in [0.15, 0.2) is 18.5 Å². The van der Waals surface area contributed by atoms with Crippen LogP contribution in [-0.2, 0) is 11.3 Å². The van der Waals surface area contributed by atoms with E-state index in [1.165, 1.54) is 0 Å². The molecule has 1 N–H and O–H groups in total. The highest BCUT2D eigenvalue weighted by Crippen LogP contribution is 2.68. The third kappa shape index (κ3) is 3.20. The van der Waals surface area contributed by atoms with Crippen molar-refractivity contribution in [3.8, 4) is 0 Å². The second-order valence-electron chi connectivity index (χ2n) is 11.7. The number of ketones is 1. The lowest BCUT2D eigenvalue weighted by atomic mass is 9.43. The molecular weight excluding hydrogens is 417 g/mol. The lowest BCUT2D eigenvalue weighted by Crippen LogP contribution is -2.59. The number of rotatable bonds is 3. The van der Waals surface area contributed by atoms with Gasteiger partial charge in [0.15, 0.2) is 11.4 Å². The Morgan fingerprint density at radius 1 is 1.06 bits per heavy atom. The first-order valence-electron chi connectivity index (χ1n) is 12.3. The maximum Gasteiger partial charge on any atom is 0.417 e. The van der Waals surface area contributed by atoms with Gasteiger partial charge in [0.05, 0.1) is 6.54 Å². The summed E-state index contributed by atoms with van der Waals surface area (Å²) in [5.74, 6) is 1.59. The minimum absolute atomic E-state index is 0.0179. The van der Waals surface area contributed by atoms with Crippen LogP contribution in [0.2, 0.25) is 0 Å². The zero-order valence-electron chi connectivity index (χ0n) is 19.1. The van der Waals surface area contributed by atoms with Gasteiger partial charge in [0.1, 0.15) is 0 Å².